The van der Waals surface area contributed by atoms with E-state index in [9.17, 15) is 9.59 Å². The number of carbonyl (C=O) groups excluding carboxylic acids is 2. The lowest BCUT2D eigenvalue weighted by molar-refractivity contribution is -0.122. The van der Waals surface area contributed by atoms with Gasteiger partial charge in [-0.05, 0) is 69.2 Å². The van der Waals surface area contributed by atoms with E-state index >= 15 is 0 Å². The zero-order valence-electron chi connectivity index (χ0n) is 15.6. The Morgan fingerprint density at radius 2 is 1.74 bits per heavy atom. The van der Waals surface area contributed by atoms with Crippen molar-refractivity contribution >= 4 is 40.8 Å². The number of amides is 1. The van der Waals surface area contributed by atoms with Crippen LogP contribution in [0, 0.1) is 13.8 Å². The Kier molecular flexibility index (Phi) is 7.11. The van der Waals surface area contributed by atoms with Gasteiger partial charge in [0, 0.05) is 10.7 Å². The molecule has 0 aromatic heterocycles. The zero-order chi connectivity index (χ0) is 20.1. The molecule has 0 saturated carbocycles. The zero-order valence-corrected chi connectivity index (χ0v) is 17.1. The Morgan fingerprint density at radius 1 is 1.11 bits per heavy atom. The average molecular weight is 410 g/mol. The molecule has 0 bridgehead atoms. The van der Waals surface area contributed by atoms with Gasteiger partial charge in [-0.2, -0.15) is 0 Å². The van der Waals surface area contributed by atoms with Gasteiger partial charge >= 0.3 is 5.97 Å². The molecule has 2 aromatic rings. The van der Waals surface area contributed by atoms with Crippen LogP contribution in [0.4, 0.5) is 5.69 Å². The third kappa shape index (κ3) is 5.37. The van der Waals surface area contributed by atoms with Crippen molar-refractivity contribution in [1.29, 1.82) is 0 Å². The van der Waals surface area contributed by atoms with E-state index in [1.807, 2.05) is 13.8 Å². The van der Waals surface area contributed by atoms with E-state index in [1.165, 1.54) is 12.1 Å². The summed E-state index contributed by atoms with van der Waals surface area (Å²) in [5.41, 5.74) is 2.45. The van der Waals surface area contributed by atoms with Crippen LogP contribution < -0.4 is 10.1 Å². The van der Waals surface area contributed by atoms with E-state index in [-0.39, 0.29) is 23.1 Å². The SMILES string of the molecule is CCOC(=O)c1ccc(NC(=O)[C@H](C)Oc2cc(C)c(Cl)c(C)c2)cc1Cl. The molecule has 2 rings (SSSR count). The Hall–Kier alpha value is -2.24. The number of hydrogen-bond acceptors (Lipinski definition) is 4. The third-order valence-electron chi connectivity index (χ3n) is 3.82. The molecule has 0 aliphatic heterocycles. The molecule has 0 unspecified atom stereocenters. The van der Waals surface area contributed by atoms with E-state index in [0.717, 1.165) is 11.1 Å². The maximum Gasteiger partial charge on any atom is 0.339 e. The highest BCUT2D eigenvalue weighted by molar-refractivity contribution is 6.34. The van der Waals surface area contributed by atoms with Crippen LogP contribution in [0.5, 0.6) is 5.75 Å². The van der Waals surface area contributed by atoms with Gasteiger partial charge in [0.1, 0.15) is 5.75 Å². The van der Waals surface area contributed by atoms with Crippen molar-refractivity contribution in [3.63, 3.8) is 0 Å². The van der Waals surface area contributed by atoms with Crippen LogP contribution in [0.3, 0.4) is 0 Å². The number of hydrogen-bond donors (Lipinski definition) is 1. The lowest BCUT2D eigenvalue weighted by Crippen LogP contribution is -2.30. The van der Waals surface area contributed by atoms with Crippen LogP contribution in [0.1, 0.15) is 35.3 Å². The number of anilines is 1. The first kappa shape index (κ1) is 21.1. The van der Waals surface area contributed by atoms with E-state index < -0.39 is 12.1 Å². The number of carbonyl (C=O) groups is 2. The standard InChI is InChI=1S/C20H21Cl2NO4/c1-5-26-20(25)16-7-6-14(10-17(16)21)23-19(24)13(4)27-15-8-11(2)18(22)12(3)9-15/h6-10,13H,5H2,1-4H3,(H,23,24)/t13-/m0/s1. The van der Waals surface area contributed by atoms with Gasteiger partial charge in [0.25, 0.3) is 5.91 Å². The molecule has 1 amide bonds. The van der Waals surface area contributed by atoms with Gasteiger partial charge in [0.15, 0.2) is 6.10 Å². The molecule has 0 saturated heterocycles. The fraction of sp³-hybridized carbons (Fsp3) is 0.300. The van der Waals surface area contributed by atoms with Crippen LogP contribution in [0.15, 0.2) is 30.3 Å². The molecule has 0 aliphatic rings. The highest BCUT2D eigenvalue weighted by atomic mass is 35.5. The summed E-state index contributed by atoms with van der Waals surface area (Å²) in [7, 11) is 0. The lowest BCUT2D eigenvalue weighted by atomic mass is 10.1. The topological polar surface area (TPSA) is 64.6 Å². The van der Waals surface area contributed by atoms with E-state index in [1.54, 1.807) is 32.0 Å². The number of halogens is 2. The molecule has 27 heavy (non-hydrogen) atoms. The fourth-order valence-electron chi connectivity index (χ4n) is 2.44. The maximum atomic E-state index is 12.4. The van der Waals surface area contributed by atoms with Gasteiger partial charge in [0.2, 0.25) is 0 Å². The van der Waals surface area contributed by atoms with Gasteiger partial charge in [0.05, 0.1) is 17.2 Å². The summed E-state index contributed by atoms with van der Waals surface area (Å²) in [6, 6.07) is 8.15. The van der Waals surface area contributed by atoms with Crippen molar-refractivity contribution in [1.82, 2.24) is 0 Å². The normalized spacial score (nSPS) is 11.6. The Labute approximate surface area is 168 Å². The van der Waals surface area contributed by atoms with Crippen molar-refractivity contribution in [3.8, 4) is 5.75 Å². The molecule has 0 heterocycles. The van der Waals surface area contributed by atoms with Crippen molar-refractivity contribution in [3.05, 3.63) is 57.1 Å². The number of ether oxygens (including phenoxy) is 2. The summed E-state index contributed by atoms with van der Waals surface area (Å²) >= 11 is 12.3. The van der Waals surface area contributed by atoms with Crippen molar-refractivity contribution in [2.45, 2.75) is 33.8 Å². The number of benzene rings is 2. The third-order valence-corrected chi connectivity index (χ3v) is 4.73. The molecule has 0 fully saturated rings. The second kappa shape index (κ2) is 9.11. The summed E-state index contributed by atoms with van der Waals surface area (Å²) in [6.07, 6.45) is -0.742. The fourth-order valence-corrected chi connectivity index (χ4v) is 2.81. The van der Waals surface area contributed by atoms with Crippen molar-refractivity contribution in [2.24, 2.45) is 0 Å². The monoisotopic (exact) mass is 409 g/mol. The largest absolute Gasteiger partial charge is 0.481 e. The predicted octanol–water partition coefficient (Wildman–Crippen LogP) is 5.19. The molecule has 2 aromatic carbocycles. The van der Waals surface area contributed by atoms with Crippen LogP contribution in [-0.2, 0) is 9.53 Å². The van der Waals surface area contributed by atoms with Gasteiger partial charge in [-0.15, -0.1) is 0 Å². The van der Waals surface area contributed by atoms with Gasteiger partial charge < -0.3 is 14.8 Å². The summed E-state index contributed by atoms with van der Waals surface area (Å²) in [5.74, 6) is -0.293. The van der Waals surface area contributed by atoms with E-state index in [0.29, 0.717) is 16.5 Å². The minimum atomic E-state index is -0.742. The number of rotatable bonds is 6. The Balaban J connectivity index is 2.06. The predicted molar refractivity (Wildman–Crippen MR) is 107 cm³/mol. The highest BCUT2D eigenvalue weighted by Gasteiger charge is 2.17. The average Bonchev–Trinajstić information content (AvgIpc) is 2.59. The Morgan fingerprint density at radius 3 is 2.30 bits per heavy atom. The first-order valence-electron chi connectivity index (χ1n) is 8.43. The Bertz CT molecular complexity index is 844. The molecule has 1 atom stereocenters. The minimum Gasteiger partial charge on any atom is -0.481 e. The van der Waals surface area contributed by atoms with E-state index in [4.69, 9.17) is 32.7 Å². The van der Waals surface area contributed by atoms with Gasteiger partial charge in [-0.3, -0.25) is 4.79 Å². The van der Waals surface area contributed by atoms with Crippen LogP contribution >= 0.6 is 23.2 Å². The summed E-state index contributed by atoms with van der Waals surface area (Å²) in [4.78, 5) is 24.2. The summed E-state index contributed by atoms with van der Waals surface area (Å²) in [6.45, 7) is 7.36. The molecular formula is C20H21Cl2NO4. The van der Waals surface area contributed by atoms with Gasteiger partial charge in [-0.25, -0.2) is 4.79 Å². The molecule has 144 valence electrons. The molecular weight excluding hydrogens is 389 g/mol. The minimum absolute atomic E-state index is 0.198. The molecule has 0 aliphatic carbocycles. The van der Waals surface area contributed by atoms with Crippen LogP contribution in [-0.4, -0.2) is 24.6 Å². The molecule has 1 N–H and O–H groups in total. The molecule has 0 radical (unpaired) electrons. The number of aryl methyl sites for hydroxylation is 2. The smallest absolute Gasteiger partial charge is 0.339 e. The molecule has 7 heteroatoms. The maximum absolute atomic E-state index is 12.4. The summed E-state index contributed by atoms with van der Waals surface area (Å²) in [5, 5.41) is 3.59. The first-order chi connectivity index (χ1) is 12.7. The van der Waals surface area contributed by atoms with Crippen molar-refractivity contribution in [2.75, 3.05) is 11.9 Å². The van der Waals surface area contributed by atoms with Crippen LogP contribution in [0.2, 0.25) is 10.0 Å². The van der Waals surface area contributed by atoms with Crippen LogP contribution in [0.25, 0.3) is 0 Å². The number of nitrogens with one attached hydrogen (secondary N) is 1. The molecule has 5 nitrogen and oxygen atoms in total. The molecule has 0 spiro atoms. The first-order valence-corrected chi connectivity index (χ1v) is 9.19. The number of esters is 1. The highest BCUT2D eigenvalue weighted by Crippen LogP contribution is 2.27. The second-order valence-corrected chi connectivity index (χ2v) is 6.82. The second-order valence-electron chi connectivity index (χ2n) is 6.04. The van der Waals surface area contributed by atoms with Crippen molar-refractivity contribution < 1.29 is 19.1 Å². The lowest BCUT2D eigenvalue weighted by Gasteiger charge is -2.16. The summed E-state index contributed by atoms with van der Waals surface area (Å²) < 4.78 is 10.6. The van der Waals surface area contributed by atoms with Gasteiger partial charge in [-0.1, -0.05) is 23.2 Å². The quantitative estimate of drug-likeness (QED) is 0.666. The van der Waals surface area contributed by atoms with E-state index in [2.05, 4.69) is 5.32 Å².